The predicted octanol–water partition coefficient (Wildman–Crippen LogP) is -0.571. The Hall–Kier alpha value is -0.980. The number of hydrogen-bond acceptors (Lipinski definition) is 5. The van der Waals surface area contributed by atoms with Crippen LogP contribution < -0.4 is 5.32 Å². The van der Waals surface area contributed by atoms with Crippen LogP contribution in [0.4, 0.5) is 0 Å². The molecule has 1 heterocycles. The number of nitrogens with zero attached hydrogens (tertiary/aromatic N) is 1. The maximum Gasteiger partial charge on any atom is 0.239 e. The third kappa shape index (κ3) is 4.72. The van der Waals surface area contributed by atoms with Crippen LogP contribution in [0.15, 0.2) is 0 Å². The Morgan fingerprint density at radius 3 is 2.94 bits per heavy atom. The number of Topliss-reactive ketones (excluding diaryl/α,β-unsaturated/α-hetero) is 1. The van der Waals surface area contributed by atoms with E-state index in [2.05, 4.69) is 5.32 Å². The number of nitrogens with one attached hydrogen (secondary N) is 1. The number of hydrogen-bond donors (Lipinski definition) is 1. The lowest BCUT2D eigenvalue weighted by atomic mass is 10.2. The molecule has 1 amide bonds. The van der Waals surface area contributed by atoms with Gasteiger partial charge in [0.15, 0.2) is 5.78 Å². The van der Waals surface area contributed by atoms with Crippen LogP contribution in [-0.2, 0) is 19.1 Å². The van der Waals surface area contributed by atoms with Gasteiger partial charge < -0.3 is 14.8 Å². The molecule has 1 aliphatic heterocycles. The molecule has 1 unspecified atom stereocenters. The molecule has 1 fully saturated rings. The van der Waals surface area contributed by atoms with Crippen LogP contribution in [0.3, 0.4) is 0 Å². The molecule has 0 aliphatic carbocycles. The minimum Gasteiger partial charge on any atom is -0.378 e. The van der Waals surface area contributed by atoms with Gasteiger partial charge >= 0.3 is 0 Å². The number of ether oxygens (including phenoxy) is 2. The smallest absolute Gasteiger partial charge is 0.239 e. The summed E-state index contributed by atoms with van der Waals surface area (Å²) >= 11 is 0. The van der Waals surface area contributed by atoms with Crippen molar-refractivity contribution in [3.63, 3.8) is 0 Å². The average molecular weight is 258 g/mol. The standard InChI is InChI=1S/C12H22N2O4/c1-3-4-13-12(16)11-9-18-6-5-14(11)7-10(15)8-17-2/h11H,3-9H2,1-2H3,(H,13,16). The second kappa shape index (κ2) is 8.18. The summed E-state index contributed by atoms with van der Waals surface area (Å²) in [5, 5.41) is 2.83. The summed E-state index contributed by atoms with van der Waals surface area (Å²) < 4.78 is 10.1. The number of morpholine rings is 1. The number of carbonyl (C=O) groups is 2. The van der Waals surface area contributed by atoms with Gasteiger partial charge in [-0.2, -0.15) is 0 Å². The third-order valence-electron chi connectivity index (χ3n) is 2.78. The lowest BCUT2D eigenvalue weighted by Crippen LogP contribution is -2.55. The molecule has 0 aromatic rings. The fourth-order valence-electron chi connectivity index (χ4n) is 1.87. The van der Waals surface area contributed by atoms with Crippen LogP contribution in [0, 0.1) is 0 Å². The Labute approximate surface area is 108 Å². The zero-order valence-corrected chi connectivity index (χ0v) is 11.1. The molecule has 0 radical (unpaired) electrons. The number of rotatable bonds is 7. The summed E-state index contributed by atoms with van der Waals surface area (Å²) in [7, 11) is 1.49. The summed E-state index contributed by atoms with van der Waals surface area (Å²) in [6.45, 7) is 4.46. The van der Waals surface area contributed by atoms with Gasteiger partial charge in [-0.05, 0) is 6.42 Å². The van der Waals surface area contributed by atoms with E-state index in [0.29, 0.717) is 26.3 Å². The van der Waals surface area contributed by atoms with Crippen LogP contribution in [0.2, 0.25) is 0 Å². The van der Waals surface area contributed by atoms with Crippen LogP contribution in [0.25, 0.3) is 0 Å². The molecule has 1 aliphatic rings. The van der Waals surface area contributed by atoms with Gasteiger partial charge in [0.25, 0.3) is 0 Å². The zero-order chi connectivity index (χ0) is 13.4. The molecule has 1 atom stereocenters. The number of ketones is 1. The summed E-state index contributed by atoms with van der Waals surface area (Å²) in [4.78, 5) is 25.3. The minimum absolute atomic E-state index is 0.0207. The van der Waals surface area contributed by atoms with Crippen LogP contribution >= 0.6 is 0 Å². The maximum atomic E-state index is 11.9. The molecule has 0 saturated carbocycles. The molecular weight excluding hydrogens is 236 g/mol. The highest BCUT2D eigenvalue weighted by Gasteiger charge is 2.30. The molecule has 6 nitrogen and oxygen atoms in total. The second-order valence-electron chi connectivity index (χ2n) is 4.32. The van der Waals surface area contributed by atoms with E-state index in [-0.39, 0.29) is 30.9 Å². The topological polar surface area (TPSA) is 67.9 Å². The Kier molecular flexibility index (Phi) is 6.85. The van der Waals surface area contributed by atoms with Crippen LogP contribution in [0.1, 0.15) is 13.3 Å². The quantitative estimate of drug-likeness (QED) is 0.662. The summed E-state index contributed by atoms with van der Waals surface area (Å²) in [6, 6.07) is -0.369. The van der Waals surface area contributed by atoms with E-state index in [0.717, 1.165) is 6.42 Å². The predicted molar refractivity (Wildman–Crippen MR) is 66.4 cm³/mol. The summed E-state index contributed by atoms with van der Waals surface area (Å²) in [5.41, 5.74) is 0. The normalized spacial score (nSPS) is 20.7. The van der Waals surface area contributed by atoms with E-state index in [1.807, 2.05) is 11.8 Å². The fourth-order valence-corrected chi connectivity index (χ4v) is 1.87. The average Bonchev–Trinajstić information content (AvgIpc) is 2.37. The monoisotopic (exact) mass is 258 g/mol. The molecular formula is C12H22N2O4. The lowest BCUT2D eigenvalue weighted by Gasteiger charge is -2.33. The van der Waals surface area contributed by atoms with Crippen LogP contribution in [-0.4, -0.2) is 69.2 Å². The van der Waals surface area contributed by atoms with Crippen molar-refractivity contribution in [3.8, 4) is 0 Å². The highest BCUT2D eigenvalue weighted by atomic mass is 16.5. The maximum absolute atomic E-state index is 11.9. The van der Waals surface area contributed by atoms with Gasteiger partial charge in [0, 0.05) is 20.2 Å². The molecule has 0 bridgehead atoms. The van der Waals surface area contributed by atoms with Gasteiger partial charge in [-0.25, -0.2) is 0 Å². The first-order valence-electron chi connectivity index (χ1n) is 6.29. The lowest BCUT2D eigenvalue weighted by molar-refractivity contribution is -0.135. The first-order valence-corrected chi connectivity index (χ1v) is 6.29. The van der Waals surface area contributed by atoms with Gasteiger partial charge in [0.05, 0.1) is 19.8 Å². The van der Waals surface area contributed by atoms with Crippen molar-refractivity contribution in [3.05, 3.63) is 0 Å². The number of carbonyl (C=O) groups excluding carboxylic acids is 2. The third-order valence-corrected chi connectivity index (χ3v) is 2.78. The molecule has 1 rings (SSSR count). The van der Waals surface area contributed by atoms with E-state index in [9.17, 15) is 9.59 Å². The first-order chi connectivity index (χ1) is 8.69. The van der Waals surface area contributed by atoms with Crippen molar-refractivity contribution in [2.75, 3.05) is 46.6 Å². The zero-order valence-electron chi connectivity index (χ0n) is 11.1. The van der Waals surface area contributed by atoms with Gasteiger partial charge in [-0.15, -0.1) is 0 Å². The molecule has 0 aromatic carbocycles. The van der Waals surface area contributed by atoms with Crippen molar-refractivity contribution in [1.82, 2.24) is 10.2 Å². The second-order valence-corrected chi connectivity index (χ2v) is 4.32. The van der Waals surface area contributed by atoms with E-state index in [1.165, 1.54) is 7.11 Å². The van der Waals surface area contributed by atoms with Gasteiger partial charge in [0.1, 0.15) is 12.6 Å². The first kappa shape index (κ1) is 15.1. The van der Waals surface area contributed by atoms with Crippen molar-refractivity contribution in [1.29, 1.82) is 0 Å². The van der Waals surface area contributed by atoms with Gasteiger partial charge in [-0.1, -0.05) is 6.92 Å². The SMILES string of the molecule is CCCNC(=O)C1COCCN1CC(=O)COC. The van der Waals surface area contributed by atoms with Crippen molar-refractivity contribution in [2.24, 2.45) is 0 Å². The molecule has 104 valence electrons. The Balaban J connectivity index is 2.50. The Morgan fingerprint density at radius 1 is 1.50 bits per heavy atom. The molecule has 0 aromatic heterocycles. The van der Waals surface area contributed by atoms with Crippen molar-refractivity contribution < 1.29 is 19.1 Å². The molecule has 0 spiro atoms. The Morgan fingerprint density at radius 2 is 2.28 bits per heavy atom. The van der Waals surface area contributed by atoms with E-state index < -0.39 is 0 Å². The van der Waals surface area contributed by atoms with Crippen molar-refractivity contribution >= 4 is 11.7 Å². The summed E-state index contributed by atoms with van der Waals surface area (Å²) in [5.74, 6) is -0.0885. The van der Waals surface area contributed by atoms with Crippen LogP contribution in [0.5, 0.6) is 0 Å². The molecule has 1 N–H and O–H groups in total. The van der Waals surface area contributed by atoms with E-state index in [4.69, 9.17) is 9.47 Å². The number of amides is 1. The highest BCUT2D eigenvalue weighted by molar-refractivity contribution is 5.85. The highest BCUT2D eigenvalue weighted by Crippen LogP contribution is 2.07. The molecule has 6 heteroatoms. The molecule has 1 saturated heterocycles. The van der Waals surface area contributed by atoms with Gasteiger partial charge in [-0.3, -0.25) is 14.5 Å². The minimum atomic E-state index is -0.369. The van der Waals surface area contributed by atoms with Gasteiger partial charge in [0.2, 0.25) is 5.91 Å². The Bertz CT molecular complexity index is 283. The van der Waals surface area contributed by atoms with E-state index >= 15 is 0 Å². The largest absolute Gasteiger partial charge is 0.378 e. The fraction of sp³-hybridized carbons (Fsp3) is 0.833. The number of methoxy groups -OCH3 is 1. The molecule has 18 heavy (non-hydrogen) atoms. The van der Waals surface area contributed by atoms with E-state index in [1.54, 1.807) is 0 Å². The van der Waals surface area contributed by atoms with Crippen molar-refractivity contribution in [2.45, 2.75) is 19.4 Å². The summed E-state index contributed by atoms with van der Waals surface area (Å²) in [6.07, 6.45) is 0.891.